The molecule has 2 rings (SSSR count). The average Bonchev–Trinajstić information content (AvgIpc) is 2.16. The van der Waals surface area contributed by atoms with Gasteiger partial charge in [-0.25, -0.2) is 0 Å². The van der Waals surface area contributed by atoms with Crippen LogP contribution in [0.4, 0.5) is 0 Å². The zero-order valence-corrected chi connectivity index (χ0v) is 8.46. The third-order valence-electron chi connectivity index (χ3n) is 1.90. The van der Waals surface area contributed by atoms with Gasteiger partial charge in [0.05, 0.1) is 5.41 Å². The fourth-order valence-corrected chi connectivity index (χ4v) is 2.75. The molecular weight excluding hydrogens is 218 g/mol. The predicted molar refractivity (Wildman–Crippen MR) is 41.5 cm³/mol. The summed E-state index contributed by atoms with van der Waals surface area (Å²) < 4.78 is 40.8. The van der Waals surface area contributed by atoms with E-state index in [0.717, 1.165) is 0 Å². The summed E-state index contributed by atoms with van der Waals surface area (Å²) in [5.41, 5.74) is -0.438. The summed E-state index contributed by atoms with van der Waals surface area (Å²) in [5.74, 6) is 0. The van der Waals surface area contributed by atoms with Gasteiger partial charge in [-0.1, -0.05) is 0 Å². The summed E-state index contributed by atoms with van der Waals surface area (Å²) in [7, 11) is -3.97. The van der Waals surface area contributed by atoms with Crippen molar-refractivity contribution in [1.82, 2.24) is 0 Å². The van der Waals surface area contributed by atoms with E-state index in [2.05, 4.69) is 0 Å². The van der Waals surface area contributed by atoms with E-state index in [0.29, 0.717) is 0 Å². The molecule has 2 saturated heterocycles. The molecule has 0 N–H and O–H groups in total. The van der Waals surface area contributed by atoms with Gasteiger partial charge in [0.1, 0.15) is 26.4 Å². The molecular formula is C5H8O6P2+2. The summed E-state index contributed by atoms with van der Waals surface area (Å²) >= 11 is 0. The van der Waals surface area contributed by atoms with Crippen LogP contribution < -0.4 is 0 Å². The van der Waals surface area contributed by atoms with Crippen LogP contribution >= 0.6 is 16.5 Å². The van der Waals surface area contributed by atoms with Crippen molar-refractivity contribution in [3.05, 3.63) is 0 Å². The highest BCUT2D eigenvalue weighted by molar-refractivity contribution is 7.33. The lowest BCUT2D eigenvalue weighted by Crippen LogP contribution is -2.43. The minimum absolute atomic E-state index is 0.255. The Hall–Kier alpha value is 0.0400. The van der Waals surface area contributed by atoms with Crippen molar-refractivity contribution in [2.75, 3.05) is 26.4 Å². The molecule has 13 heavy (non-hydrogen) atoms. The molecule has 0 aromatic heterocycles. The minimum atomic E-state index is -1.99. The third-order valence-corrected chi connectivity index (χ3v) is 3.26. The van der Waals surface area contributed by atoms with Crippen molar-refractivity contribution >= 4 is 16.5 Å². The fourth-order valence-electron chi connectivity index (χ4n) is 1.08. The van der Waals surface area contributed by atoms with E-state index in [-0.39, 0.29) is 26.4 Å². The third kappa shape index (κ3) is 2.10. The van der Waals surface area contributed by atoms with Crippen LogP contribution in [0.3, 0.4) is 0 Å². The van der Waals surface area contributed by atoms with Gasteiger partial charge in [0.25, 0.3) is 0 Å². The Balaban J connectivity index is 1.98. The van der Waals surface area contributed by atoms with Crippen LogP contribution in [-0.2, 0) is 27.2 Å². The Morgan fingerprint density at radius 1 is 0.769 bits per heavy atom. The normalized spacial score (nSPS) is 40.9. The van der Waals surface area contributed by atoms with Gasteiger partial charge in [-0.3, -0.25) is 0 Å². The molecule has 0 unspecified atom stereocenters. The first-order valence-corrected chi connectivity index (χ1v) is 5.86. The van der Waals surface area contributed by atoms with Gasteiger partial charge in [0, 0.05) is 9.13 Å². The van der Waals surface area contributed by atoms with E-state index in [1.165, 1.54) is 0 Å². The van der Waals surface area contributed by atoms with E-state index in [9.17, 15) is 9.13 Å². The highest BCUT2D eigenvalue weighted by Crippen LogP contribution is 2.43. The zero-order valence-electron chi connectivity index (χ0n) is 6.67. The predicted octanol–water partition coefficient (Wildman–Crippen LogP) is 1.38. The molecule has 2 aliphatic heterocycles. The summed E-state index contributed by atoms with van der Waals surface area (Å²) in [6.07, 6.45) is 0. The van der Waals surface area contributed by atoms with Crippen LogP contribution in [0.2, 0.25) is 0 Å². The van der Waals surface area contributed by atoms with Gasteiger partial charge in [0.2, 0.25) is 0 Å². The lowest BCUT2D eigenvalue weighted by molar-refractivity contribution is -0.0582. The first-order valence-electron chi connectivity index (χ1n) is 3.66. The summed E-state index contributed by atoms with van der Waals surface area (Å²) in [6.45, 7) is 1.02. The highest BCUT2D eigenvalue weighted by Gasteiger charge is 2.51. The van der Waals surface area contributed by atoms with Crippen LogP contribution in [0.5, 0.6) is 0 Å². The molecule has 8 heteroatoms. The molecule has 6 nitrogen and oxygen atoms in total. The van der Waals surface area contributed by atoms with Gasteiger partial charge in [-0.15, -0.1) is 18.1 Å². The molecule has 2 fully saturated rings. The fraction of sp³-hybridized carbons (Fsp3) is 1.00. The van der Waals surface area contributed by atoms with Gasteiger partial charge in [-0.05, 0) is 0 Å². The summed E-state index contributed by atoms with van der Waals surface area (Å²) in [4.78, 5) is 0. The molecule has 0 saturated carbocycles. The lowest BCUT2D eigenvalue weighted by Gasteiger charge is -2.27. The van der Waals surface area contributed by atoms with E-state index in [1.807, 2.05) is 0 Å². The minimum Gasteiger partial charge on any atom is -0.118 e. The molecule has 0 aromatic carbocycles. The maximum atomic E-state index is 10.7. The number of hydrogen-bond donors (Lipinski definition) is 0. The van der Waals surface area contributed by atoms with Crippen molar-refractivity contribution < 1.29 is 27.2 Å². The van der Waals surface area contributed by atoms with E-state index in [4.69, 9.17) is 18.1 Å². The van der Waals surface area contributed by atoms with E-state index < -0.39 is 21.9 Å². The van der Waals surface area contributed by atoms with E-state index >= 15 is 0 Å². The molecule has 0 radical (unpaired) electrons. The second-order valence-corrected chi connectivity index (χ2v) is 4.97. The summed E-state index contributed by atoms with van der Waals surface area (Å²) in [5, 5.41) is 0. The van der Waals surface area contributed by atoms with Crippen molar-refractivity contribution in [3.63, 3.8) is 0 Å². The van der Waals surface area contributed by atoms with E-state index in [1.54, 1.807) is 0 Å². The molecule has 0 atom stereocenters. The molecule has 1 spiro atoms. The first kappa shape index (κ1) is 9.59. The standard InChI is InChI=1S/C5H8O6P2/c6-12-8-1-5(2-9-12)3-10-13(7)11-4-5/h1-4H2/q+2. The molecule has 0 aromatic rings. The van der Waals surface area contributed by atoms with Gasteiger partial charge in [0.15, 0.2) is 0 Å². The smallest absolute Gasteiger partial charge is 0.118 e. The second-order valence-electron chi connectivity index (χ2n) is 3.04. The molecule has 0 bridgehead atoms. The Morgan fingerprint density at radius 3 is 1.38 bits per heavy atom. The quantitative estimate of drug-likeness (QED) is 0.581. The van der Waals surface area contributed by atoms with Gasteiger partial charge in [-0.2, -0.15) is 0 Å². The number of hydrogen-bond acceptors (Lipinski definition) is 6. The van der Waals surface area contributed by atoms with Crippen LogP contribution in [-0.4, -0.2) is 26.4 Å². The average molecular weight is 226 g/mol. The van der Waals surface area contributed by atoms with Gasteiger partial charge >= 0.3 is 16.5 Å². The SMILES string of the molecule is O=[P+]1OCC2(CO1)CO[P+](=O)OC2. The first-order chi connectivity index (χ1) is 6.20. The Bertz CT molecular complexity index is 204. The van der Waals surface area contributed by atoms with Crippen molar-refractivity contribution in [2.45, 2.75) is 0 Å². The molecule has 2 heterocycles. The molecule has 2 aliphatic rings. The van der Waals surface area contributed by atoms with Crippen molar-refractivity contribution in [1.29, 1.82) is 0 Å². The van der Waals surface area contributed by atoms with Crippen LogP contribution in [0.15, 0.2) is 0 Å². The largest absolute Gasteiger partial charge is 0.697 e. The van der Waals surface area contributed by atoms with Crippen LogP contribution in [0.1, 0.15) is 0 Å². The number of rotatable bonds is 0. The maximum absolute atomic E-state index is 10.7. The highest BCUT2D eigenvalue weighted by atomic mass is 31.1. The van der Waals surface area contributed by atoms with Gasteiger partial charge < -0.3 is 0 Å². The van der Waals surface area contributed by atoms with Crippen molar-refractivity contribution in [3.8, 4) is 0 Å². The summed E-state index contributed by atoms with van der Waals surface area (Å²) in [6, 6.07) is 0. The maximum Gasteiger partial charge on any atom is 0.697 e. The molecule has 72 valence electrons. The Kier molecular flexibility index (Phi) is 2.70. The van der Waals surface area contributed by atoms with Crippen LogP contribution in [0, 0.1) is 5.41 Å². The Labute approximate surface area is 76.4 Å². The molecule has 0 aliphatic carbocycles. The zero-order chi connectivity index (χ0) is 9.31. The van der Waals surface area contributed by atoms with Crippen molar-refractivity contribution in [2.24, 2.45) is 5.41 Å². The topological polar surface area (TPSA) is 71.1 Å². The second kappa shape index (κ2) is 3.65. The Morgan fingerprint density at radius 2 is 1.08 bits per heavy atom. The van der Waals surface area contributed by atoms with Crippen LogP contribution in [0.25, 0.3) is 0 Å². The molecule has 0 amide bonds. The lowest BCUT2D eigenvalue weighted by atomic mass is 9.93. The monoisotopic (exact) mass is 226 g/mol.